The zero-order valence-corrected chi connectivity index (χ0v) is 15.2. The summed E-state index contributed by atoms with van der Waals surface area (Å²) in [6, 6.07) is 7.87. The van der Waals surface area contributed by atoms with E-state index in [-0.39, 0.29) is 24.1 Å². The molecule has 0 aliphatic heterocycles. The van der Waals surface area contributed by atoms with Gasteiger partial charge in [0.2, 0.25) is 5.91 Å². The van der Waals surface area contributed by atoms with Gasteiger partial charge in [-0.2, -0.15) is 0 Å². The van der Waals surface area contributed by atoms with Crippen LogP contribution < -0.4 is 0 Å². The SMILES string of the molecule is Cc1ccc(C(C)C(=O)N(CCS(C)(=O)=O)C(C)(C)C)cc1. The lowest BCUT2D eigenvalue weighted by Gasteiger charge is -2.37. The fourth-order valence-corrected chi connectivity index (χ4v) is 2.78. The van der Waals surface area contributed by atoms with Gasteiger partial charge < -0.3 is 4.90 Å². The normalized spacial score (nSPS) is 13.7. The zero-order chi connectivity index (χ0) is 17.1. The number of carbonyl (C=O) groups excluding carboxylic acids is 1. The topological polar surface area (TPSA) is 54.5 Å². The van der Waals surface area contributed by atoms with Crippen molar-refractivity contribution in [2.45, 2.75) is 46.1 Å². The molecule has 0 aliphatic carbocycles. The van der Waals surface area contributed by atoms with Crippen LogP contribution in [0.1, 0.15) is 44.7 Å². The largest absolute Gasteiger partial charge is 0.336 e. The predicted molar refractivity (Wildman–Crippen MR) is 90.8 cm³/mol. The second-order valence-corrected chi connectivity index (χ2v) is 9.18. The Morgan fingerprint density at radius 1 is 1.18 bits per heavy atom. The van der Waals surface area contributed by atoms with Crippen molar-refractivity contribution in [3.05, 3.63) is 35.4 Å². The second kappa shape index (κ2) is 6.82. The Hall–Kier alpha value is -1.36. The number of benzene rings is 1. The summed E-state index contributed by atoms with van der Waals surface area (Å²) in [6.07, 6.45) is 1.20. The average Bonchev–Trinajstić information content (AvgIpc) is 2.35. The van der Waals surface area contributed by atoms with Crippen molar-refractivity contribution < 1.29 is 13.2 Å². The lowest BCUT2D eigenvalue weighted by molar-refractivity contribution is -0.136. The third kappa shape index (κ3) is 5.44. The van der Waals surface area contributed by atoms with Gasteiger partial charge in [-0.25, -0.2) is 8.42 Å². The summed E-state index contributed by atoms with van der Waals surface area (Å²) in [6.45, 7) is 9.87. The number of hydrogen-bond donors (Lipinski definition) is 0. The molecule has 0 saturated heterocycles. The Bertz CT molecular complexity index is 612. The smallest absolute Gasteiger partial charge is 0.230 e. The quantitative estimate of drug-likeness (QED) is 0.836. The summed E-state index contributed by atoms with van der Waals surface area (Å²) in [5, 5.41) is 0. The van der Waals surface area contributed by atoms with Crippen molar-refractivity contribution in [3.8, 4) is 0 Å². The summed E-state index contributed by atoms with van der Waals surface area (Å²) >= 11 is 0. The van der Waals surface area contributed by atoms with Gasteiger partial charge in [0.05, 0.1) is 11.7 Å². The number of rotatable bonds is 5. The fraction of sp³-hybridized carbons (Fsp3) is 0.588. The maximum atomic E-state index is 12.8. The molecule has 1 unspecified atom stereocenters. The van der Waals surface area contributed by atoms with Gasteiger partial charge in [0, 0.05) is 18.3 Å². The highest BCUT2D eigenvalue weighted by Gasteiger charge is 2.30. The van der Waals surface area contributed by atoms with E-state index in [2.05, 4.69) is 0 Å². The highest BCUT2D eigenvalue weighted by Crippen LogP contribution is 2.23. The number of sulfone groups is 1. The third-order valence-electron chi connectivity index (χ3n) is 3.71. The summed E-state index contributed by atoms with van der Waals surface area (Å²) < 4.78 is 22.8. The highest BCUT2D eigenvalue weighted by atomic mass is 32.2. The standard InChI is InChI=1S/C17H27NO3S/c1-13-7-9-15(10-8-13)14(2)16(19)18(17(3,4)5)11-12-22(6,20)21/h7-10,14H,11-12H2,1-6H3. The molecule has 1 aromatic carbocycles. The van der Waals surface area contributed by atoms with E-state index in [0.29, 0.717) is 0 Å². The molecule has 22 heavy (non-hydrogen) atoms. The van der Waals surface area contributed by atoms with Gasteiger partial charge in [-0.1, -0.05) is 29.8 Å². The number of carbonyl (C=O) groups is 1. The summed E-state index contributed by atoms with van der Waals surface area (Å²) in [4.78, 5) is 14.5. The molecule has 1 atom stereocenters. The molecular weight excluding hydrogens is 298 g/mol. The lowest BCUT2D eigenvalue weighted by Crippen LogP contribution is -2.49. The Balaban J connectivity index is 2.98. The number of amides is 1. The number of aryl methyl sites for hydroxylation is 1. The Morgan fingerprint density at radius 2 is 1.68 bits per heavy atom. The number of hydrogen-bond acceptors (Lipinski definition) is 3. The first-order valence-corrected chi connectivity index (χ1v) is 9.53. The van der Waals surface area contributed by atoms with E-state index in [4.69, 9.17) is 0 Å². The molecule has 0 N–H and O–H groups in total. The Labute approximate surface area is 134 Å². The van der Waals surface area contributed by atoms with Crippen molar-refractivity contribution in [1.82, 2.24) is 4.90 Å². The van der Waals surface area contributed by atoms with Gasteiger partial charge >= 0.3 is 0 Å². The van der Waals surface area contributed by atoms with Gasteiger partial charge in [0.1, 0.15) is 9.84 Å². The molecule has 4 nitrogen and oxygen atoms in total. The van der Waals surface area contributed by atoms with Gasteiger partial charge in [-0.15, -0.1) is 0 Å². The highest BCUT2D eigenvalue weighted by molar-refractivity contribution is 7.90. The van der Waals surface area contributed by atoms with E-state index in [1.807, 2.05) is 58.9 Å². The zero-order valence-electron chi connectivity index (χ0n) is 14.4. The van der Waals surface area contributed by atoms with Crippen LogP contribution in [0.3, 0.4) is 0 Å². The van der Waals surface area contributed by atoms with Crippen LogP contribution in [0.25, 0.3) is 0 Å². The summed E-state index contributed by atoms with van der Waals surface area (Å²) in [5.74, 6) is -0.351. The second-order valence-electron chi connectivity index (χ2n) is 6.92. The van der Waals surface area contributed by atoms with Crippen molar-refractivity contribution in [3.63, 3.8) is 0 Å². The molecule has 0 radical (unpaired) electrons. The predicted octanol–water partition coefficient (Wildman–Crippen LogP) is 2.77. The van der Waals surface area contributed by atoms with Crippen molar-refractivity contribution >= 4 is 15.7 Å². The molecule has 0 fully saturated rings. The van der Waals surface area contributed by atoms with Crippen LogP contribution in [0.5, 0.6) is 0 Å². The molecule has 1 amide bonds. The van der Waals surface area contributed by atoms with E-state index < -0.39 is 15.4 Å². The van der Waals surface area contributed by atoms with Crippen molar-refractivity contribution in [2.24, 2.45) is 0 Å². The summed E-state index contributed by atoms with van der Waals surface area (Å²) in [7, 11) is -3.10. The lowest BCUT2D eigenvalue weighted by atomic mass is 9.96. The molecule has 0 spiro atoms. The van der Waals surface area contributed by atoms with E-state index in [1.54, 1.807) is 4.90 Å². The van der Waals surface area contributed by atoms with Crippen LogP contribution >= 0.6 is 0 Å². The van der Waals surface area contributed by atoms with Gasteiger partial charge in [-0.05, 0) is 40.2 Å². The monoisotopic (exact) mass is 325 g/mol. The minimum atomic E-state index is -3.10. The van der Waals surface area contributed by atoms with Crippen LogP contribution in [0.4, 0.5) is 0 Å². The van der Waals surface area contributed by atoms with Crippen molar-refractivity contribution in [2.75, 3.05) is 18.6 Å². The first-order chi connectivity index (χ1) is 9.92. The van der Waals surface area contributed by atoms with Crippen molar-refractivity contribution in [1.29, 1.82) is 0 Å². The van der Waals surface area contributed by atoms with Gasteiger partial charge in [0.15, 0.2) is 0 Å². The molecule has 124 valence electrons. The average molecular weight is 325 g/mol. The maximum Gasteiger partial charge on any atom is 0.230 e. The molecule has 0 saturated carbocycles. The van der Waals surface area contributed by atoms with E-state index in [0.717, 1.165) is 11.1 Å². The van der Waals surface area contributed by atoms with Crippen LogP contribution in [0, 0.1) is 6.92 Å². The van der Waals surface area contributed by atoms with Crippen LogP contribution in [0.15, 0.2) is 24.3 Å². The molecule has 1 aromatic rings. The molecule has 1 rings (SSSR count). The molecule has 0 heterocycles. The first kappa shape index (κ1) is 18.7. The third-order valence-corrected chi connectivity index (χ3v) is 4.63. The molecule has 0 aliphatic rings. The van der Waals surface area contributed by atoms with Crippen LogP contribution in [-0.4, -0.2) is 43.3 Å². The maximum absolute atomic E-state index is 12.8. The Morgan fingerprint density at radius 3 is 2.09 bits per heavy atom. The first-order valence-electron chi connectivity index (χ1n) is 7.47. The minimum Gasteiger partial charge on any atom is -0.336 e. The van der Waals surface area contributed by atoms with E-state index in [9.17, 15) is 13.2 Å². The molecule has 5 heteroatoms. The van der Waals surface area contributed by atoms with Gasteiger partial charge in [0.25, 0.3) is 0 Å². The van der Waals surface area contributed by atoms with E-state index in [1.165, 1.54) is 6.26 Å². The molecule has 0 aromatic heterocycles. The minimum absolute atomic E-state index is 0.0172. The summed E-state index contributed by atoms with van der Waals surface area (Å²) in [5.41, 5.74) is 1.68. The Kier molecular flexibility index (Phi) is 5.79. The molecular formula is C17H27NO3S. The van der Waals surface area contributed by atoms with Crippen LogP contribution in [0.2, 0.25) is 0 Å². The number of nitrogens with zero attached hydrogens (tertiary/aromatic N) is 1. The fourth-order valence-electron chi connectivity index (χ4n) is 2.26. The van der Waals surface area contributed by atoms with Gasteiger partial charge in [-0.3, -0.25) is 4.79 Å². The molecule has 0 bridgehead atoms. The van der Waals surface area contributed by atoms with E-state index >= 15 is 0 Å². The van der Waals surface area contributed by atoms with Crippen LogP contribution in [-0.2, 0) is 14.6 Å².